The predicted octanol–water partition coefficient (Wildman–Crippen LogP) is -3.97. The second kappa shape index (κ2) is 15.7. The standard InChI is InChI=1S/K.HO3P.H2O.H2S.H/c;1-4(2)3;;;/h;(H-,1,2,3);2*1H2;/q+1;;;;-1/p+1. The molecule has 0 aromatic rings. The van der Waals surface area contributed by atoms with Crippen LogP contribution in [0.3, 0.4) is 0 Å². The van der Waals surface area contributed by atoms with Crippen molar-refractivity contribution in [2.24, 2.45) is 0 Å². The van der Waals surface area contributed by atoms with Gasteiger partial charge in [-0.15, -0.1) is 9.79 Å². The van der Waals surface area contributed by atoms with Gasteiger partial charge in [-0.2, -0.15) is 13.5 Å². The fourth-order valence-electron chi connectivity index (χ4n) is 0. The van der Waals surface area contributed by atoms with Crippen LogP contribution < -0.4 is 51.4 Å². The molecule has 7 heteroatoms. The average molecular weight is 173 g/mol. The van der Waals surface area contributed by atoms with Crippen LogP contribution in [0.1, 0.15) is 1.43 Å². The van der Waals surface area contributed by atoms with E-state index < -0.39 is 8.25 Å². The topological polar surface area (TPSA) is 89.0 Å². The summed E-state index contributed by atoms with van der Waals surface area (Å²) in [6.45, 7) is 0. The fraction of sp³-hybridized carbons (Fsp3) is 0. The van der Waals surface area contributed by atoms with Crippen molar-refractivity contribution in [3.8, 4) is 0 Å². The molecule has 4 nitrogen and oxygen atoms in total. The van der Waals surface area contributed by atoms with Gasteiger partial charge >= 0.3 is 59.6 Å². The van der Waals surface area contributed by atoms with Gasteiger partial charge in [0, 0.05) is 4.57 Å². The first kappa shape index (κ1) is 23.1. The SMILES string of the molecule is O.O=[P+](O)O.S.[H-].[K+]. The quantitative estimate of drug-likeness (QED) is 0.289. The van der Waals surface area contributed by atoms with Crippen molar-refractivity contribution >= 4 is 21.8 Å². The van der Waals surface area contributed by atoms with Gasteiger partial charge in [-0.1, -0.05) is 0 Å². The zero-order chi connectivity index (χ0) is 3.58. The largest absolute Gasteiger partial charge is 1.00 e. The van der Waals surface area contributed by atoms with Crippen LogP contribution in [-0.2, 0) is 4.57 Å². The van der Waals surface area contributed by atoms with Gasteiger partial charge in [0.15, 0.2) is 0 Å². The molecule has 0 rings (SSSR count). The minimum Gasteiger partial charge on any atom is -1.00 e. The van der Waals surface area contributed by atoms with Crippen LogP contribution in [0.2, 0.25) is 0 Å². The van der Waals surface area contributed by atoms with Gasteiger partial charge in [0.25, 0.3) is 0 Å². The minimum absolute atomic E-state index is 0. The van der Waals surface area contributed by atoms with E-state index in [1.165, 1.54) is 0 Å². The maximum atomic E-state index is 8.70. The van der Waals surface area contributed by atoms with Gasteiger partial charge < -0.3 is 6.90 Å². The molecule has 0 atom stereocenters. The Bertz CT molecular complexity index is 39.0. The third kappa shape index (κ3) is 73.3. The normalized spacial score (nSPS) is 3.71. The third-order valence-corrected chi connectivity index (χ3v) is 0. The Kier molecular flexibility index (Phi) is 51.7. The van der Waals surface area contributed by atoms with Crippen molar-refractivity contribution in [2.45, 2.75) is 0 Å². The number of hydrogen-bond acceptors (Lipinski definition) is 1. The molecule has 0 saturated heterocycles. The van der Waals surface area contributed by atoms with Gasteiger partial charge in [0.2, 0.25) is 0 Å². The molecule has 0 aliphatic carbocycles. The van der Waals surface area contributed by atoms with Crippen LogP contribution in [-0.4, -0.2) is 15.3 Å². The average Bonchev–Trinajstić information content (AvgIpc) is 0.811. The van der Waals surface area contributed by atoms with Gasteiger partial charge in [0.1, 0.15) is 0 Å². The summed E-state index contributed by atoms with van der Waals surface area (Å²) in [6.07, 6.45) is 0. The maximum absolute atomic E-state index is 8.70. The molecule has 4 N–H and O–H groups in total. The Labute approximate surface area is 92.9 Å². The van der Waals surface area contributed by atoms with Gasteiger partial charge in [-0.25, -0.2) is 0 Å². The molecular weight excluding hydrogens is 166 g/mol. The van der Waals surface area contributed by atoms with E-state index in [0.717, 1.165) is 0 Å². The maximum Gasteiger partial charge on any atom is 1.00 e. The Morgan fingerprint density at radius 2 is 1.43 bits per heavy atom. The monoisotopic (exact) mass is 173 g/mol. The number of rotatable bonds is 0. The summed E-state index contributed by atoms with van der Waals surface area (Å²) in [7, 11) is -2.87. The first-order chi connectivity index (χ1) is 1.73. The minimum atomic E-state index is -2.87. The van der Waals surface area contributed by atoms with Crippen molar-refractivity contribution < 1.29 is 72.6 Å². The van der Waals surface area contributed by atoms with Gasteiger partial charge in [0.05, 0.1) is 0 Å². The molecule has 0 radical (unpaired) electrons. The Morgan fingerprint density at radius 1 is 1.43 bits per heavy atom. The van der Waals surface area contributed by atoms with E-state index in [1.54, 1.807) is 0 Å². The zero-order valence-corrected chi connectivity index (χ0v) is 8.77. The van der Waals surface area contributed by atoms with Crippen LogP contribution in [0.25, 0.3) is 0 Å². The van der Waals surface area contributed by atoms with E-state index in [4.69, 9.17) is 14.4 Å². The molecule has 0 amide bonds. The van der Waals surface area contributed by atoms with Crippen molar-refractivity contribution in [3.05, 3.63) is 0 Å². The van der Waals surface area contributed by atoms with Crippen molar-refractivity contribution in [1.82, 2.24) is 0 Å². The fourth-order valence-corrected chi connectivity index (χ4v) is 0. The molecule has 0 aromatic heterocycles. The molecule has 42 valence electrons. The zero-order valence-electron chi connectivity index (χ0n) is 4.75. The van der Waals surface area contributed by atoms with E-state index in [1.807, 2.05) is 0 Å². The summed E-state index contributed by atoms with van der Waals surface area (Å²) in [4.78, 5) is 14.2. The molecule has 0 aliphatic rings. The van der Waals surface area contributed by atoms with E-state index in [0.29, 0.717) is 0 Å². The van der Waals surface area contributed by atoms with Crippen LogP contribution in [0.15, 0.2) is 0 Å². The summed E-state index contributed by atoms with van der Waals surface area (Å²) in [6, 6.07) is 0. The summed E-state index contributed by atoms with van der Waals surface area (Å²) in [5.41, 5.74) is 0. The molecule has 0 aliphatic heterocycles. The predicted molar refractivity (Wildman–Crippen MR) is 27.2 cm³/mol. The number of hydrogen-bond donors (Lipinski definition) is 2. The second-order valence-corrected chi connectivity index (χ2v) is 0.758. The second-order valence-electron chi connectivity index (χ2n) is 0.253. The smallest absolute Gasteiger partial charge is 1.00 e. The molecule has 0 heterocycles. The molecule has 0 unspecified atom stereocenters. The summed E-state index contributed by atoms with van der Waals surface area (Å²) < 4.78 is 8.70. The van der Waals surface area contributed by atoms with Gasteiger partial charge in [-0.3, -0.25) is 0 Å². The molecule has 0 fully saturated rings. The molecule has 0 saturated carbocycles. The molecule has 0 aromatic carbocycles. The molecule has 7 heavy (non-hydrogen) atoms. The van der Waals surface area contributed by atoms with Crippen molar-refractivity contribution in [1.29, 1.82) is 0 Å². The summed E-state index contributed by atoms with van der Waals surface area (Å²) in [5, 5.41) is 0. The Morgan fingerprint density at radius 3 is 1.43 bits per heavy atom. The van der Waals surface area contributed by atoms with Crippen molar-refractivity contribution in [2.75, 3.05) is 0 Å². The summed E-state index contributed by atoms with van der Waals surface area (Å²) in [5.74, 6) is 0. The third-order valence-electron chi connectivity index (χ3n) is 0. The van der Waals surface area contributed by atoms with Crippen LogP contribution in [0.4, 0.5) is 0 Å². The molecule has 0 spiro atoms. The van der Waals surface area contributed by atoms with Crippen molar-refractivity contribution in [3.63, 3.8) is 0 Å². The first-order valence-electron chi connectivity index (χ1n) is 0.583. The Hall–Kier alpha value is 1.97. The van der Waals surface area contributed by atoms with E-state index in [-0.39, 0.29) is 71.8 Å². The van der Waals surface area contributed by atoms with E-state index in [9.17, 15) is 0 Å². The van der Waals surface area contributed by atoms with Crippen LogP contribution in [0.5, 0.6) is 0 Å². The van der Waals surface area contributed by atoms with Crippen LogP contribution in [0, 0.1) is 0 Å². The first-order valence-corrected chi connectivity index (χ1v) is 1.75. The molecular formula is H7KO4PS+. The van der Waals surface area contributed by atoms with Gasteiger partial charge in [-0.05, 0) is 0 Å². The molecule has 0 bridgehead atoms. The summed E-state index contributed by atoms with van der Waals surface area (Å²) >= 11 is 0. The van der Waals surface area contributed by atoms with E-state index in [2.05, 4.69) is 0 Å². The Balaban J connectivity index is -0.00000000750. The van der Waals surface area contributed by atoms with E-state index >= 15 is 0 Å². The van der Waals surface area contributed by atoms with Crippen LogP contribution >= 0.6 is 21.8 Å².